The minimum atomic E-state index is -1.06. The molecule has 0 aromatic heterocycles. The summed E-state index contributed by atoms with van der Waals surface area (Å²) >= 11 is 0. The van der Waals surface area contributed by atoms with Gasteiger partial charge in [-0.3, -0.25) is 5.73 Å². The minimum Gasteiger partial charge on any atom is -0.465 e. The van der Waals surface area contributed by atoms with E-state index in [2.05, 4.69) is 16.1 Å². The molecule has 0 spiro atoms. The van der Waals surface area contributed by atoms with Crippen molar-refractivity contribution in [3.05, 3.63) is 12.2 Å². The average molecular weight is 198 g/mol. The second kappa shape index (κ2) is 5.72. The van der Waals surface area contributed by atoms with E-state index in [9.17, 15) is 9.59 Å². The van der Waals surface area contributed by atoms with E-state index in [0.717, 1.165) is 7.11 Å². The van der Waals surface area contributed by atoms with Gasteiger partial charge in [-0.05, 0) is 0 Å². The molecular weight excluding hydrogens is 188 g/mol. The number of esters is 2. The Morgan fingerprint density at radius 2 is 2.14 bits per heavy atom. The highest BCUT2D eigenvalue weighted by molar-refractivity contribution is 6.13. The molecule has 0 aliphatic carbocycles. The molecule has 76 valence electrons. The standard InChI is InChI=1S/C8H10N2O4/c1-5(7(11)13-2)8(12)14-6(10)3-4-9/h6H,1,3,10H2,2H3. The molecule has 1 unspecified atom stereocenters. The first-order valence-electron chi connectivity index (χ1n) is 3.63. The van der Waals surface area contributed by atoms with Gasteiger partial charge < -0.3 is 9.47 Å². The maximum absolute atomic E-state index is 11.0. The van der Waals surface area contributed by atoms with Crippen molar-refractivity contribution >= 4 is 11.9 Å². The Labute approximate surface area is 80.9 Å². The third kappa shape index (κ3) is 3.69. The van der Waals surface area contributed by atoms with Crippen LogP contribution in [0, 0.1) is 11.3 Å². The summed E-state index contributed by atoms with van der Waals surface area (Å²) in [4.78, 5) is 21.8. The maximum atomic E-state index is 11.0. The van der Waals surface area contributed by atoms with Crippen molar-refractivity contribution in [1.29, 1.82) is 5.26 Å². The molecule has 0 saturated heterocycles. The summed E-state index contributed by atoms with van der Waals surface area (Å²) in [6.07, 6.45) is -1.21. The molecule has 1 atom stereocenters. The van der Waals surface area contributed by atoms with E-state index in [1.54, 1.807) is 6.07 Å². The van der Waals surface area contributed by atoms with Crippen LogP contribution >= 0.6 is 0 Å². The van der Waals surface area contributed by atoms with Gasteiger partial charge in [-0.2, -0.15) is 5.26 Å². The zero-order chi connectivity index (χ0) is 11.1. The lowest BCUT2D eigenvalue weighted by atomic mass is 10.3. The fourth-order valence-electron chi connectivity index (χ4n) is 0.547. The Balaban J connectivity index is 4.16. The number of nitrogens with zero attached hydrogens (tertiary/aromatic N) is 1. The molecule has 6 nitrogen and oxygen atoms in total. The molecule has 2 N–H and O–H groups in total. The second-order valence-corrected chi connectivity index (χ2v) is 2.28. The first kappa shape index (κ1) is 12.1. The van der Waals surface area contributed by atoms with Crippen LogP contribution in [0.15, 0.2) is 12.2 Å². The van der Waals surface area contributed by atoms with E-state index in [1.807, 2.05) is 0 Å². The van der Waals surface area contributed by atoms with Gasteiger partial charge in [0.25, 0.3) is 0 Å². The van der Waals surface area contributed by atoms with Crippen molar-refractivity contribution in [2.45, 2.75) is 12.6 Å². The SMILES string of the molecule is C=C(C(=O)OC)C(=O)OC(N)CC#N. The third-order valence-corrected chi connectivity index (χ3v) is 1.23. The first-order chi connectivity index (χ1) is 6.52. The van der Waals surface area contributed by atoms with E-state index < -0.39 is 23.7 Å². The van der Waals surface area contributed by atoms with Gasteiger partial charge in [-0.1, -0.05) is 6.58 Å². The fraction of sp³-hybridized carbons (Fsp3) is 0.375. The second-order valence-electron chi connectivity index (χ2n) is 2.28. The summed E-state index contributed by atoms with van der Waals surface area (Å²) in [6.45, 7) is 3.15. The van der Waals surface area contributed by atoms with Crippen molar-refractivity contribution in [3.63, 3.8) is 0 Å². The molecule has 6 heteroatoms. The number of rotatable bonds is 4. The number of nitriles is 1. The van der Waals surface area contributed by atoms with Gasteiger partial charge in [0.1, 0.15) is 5.57 Å². The third-order valence-electron chi connectivity index (χ3n) is 1.23. The summed E-state index contributed by atoms with van der Waals surface area (Å²) in [5.41, 5.74) is 4.75. The van der Waals surface area contributed by atoms with Crippen LogP contribution in [0.25, 0.3) is 0 Å². The van der Waals surface area contributed by atoms with Crippen molar-refractivity contribution in [2.75, 3.05) is 7.11 Å². The van der Waals surface area contributed by atoms with E-state index in [1.165, 1.54) is 0 Å². The van der Waals surface area contributed by atoms with Gasteiger partial charge in [-0.15, -0.1) is 0 Å². The van der Waals surface area contributed by atoms with Crippen LogP contribution in [-0.4, -0.2) is 25.3 Å². The molecule has 14 heavy (non-hydrogen) atoms. The molecule has 0 heterocycles. The van der Waals surface area contributed by atoms with Gasteiger partial charge in [0.2, 0.25) is 0 Å². The summed E-state index contributed by atoms with van der Waals surface area (Å²) in [7, 11) is 1.11. The highest BCUT2D eigenvalue weighted by atomic mass is 16.6. The largest absolute Gasteiger partial charge is 0.465 e. The van der Waals surface area contributed by atoms with E-state index in [-0.39, 0.29) is 6.42 Å². The first-order valence-corrected chi connectivity index (χ1v) is 3.63. The summed E-state index contributed by atoms with van der Waals surface area (Å²) in [6, 6.07) is 1.71. The number of methoxy groups -OCH3 is 1. The van der Waals surface area contributed by atoms with Crippen LogP contribution in [0.4, 0.5) is 0 Å². The van der Waals surface area contributed by atoms with E-state index >= 15 is 0 Å². The Morgan fingerprint density at radius 3 is 2.57 bits per heavy atom. The van der Waals surface area contributed by atoms with Crippen molar-refractivity contribution in [3.8, 4) is 6.07 Å². The lowest BCUT2D eigenvalue weighted by Gasteiger charge is -2.09. The van der Waals surface area contributed by atoms with Crippen LogP contribution in [-0.2, 0) is 19.1 Å². The summed E-state index contributed by atoms with van der Waals surface area (Å²) in [5, 5.41) is 8.21. The molecular formula is C8H10N2O4. The molecule has 0 radical (unpaired) electrons. The van der Waals surface area contributed by atoms with Gasteiger partial charge in [0.15, 0.2) is 6.23 Å². The Morgan fingerprint density at radius 1 is 1.57 bits per heavy atom. The van der Waals surface area contributed by atoms with Crippen LogP contribution in [0.1, 0.15) is 6.42 Å². The van der Waals surface area contributed by atoms with Crippen LogP contribution in [0.3, 0.4) is 0 Å². The zero-order valence-electron chi connectivity index (χ0n) is 7.65. The fourth-order valence-corrected chi connectivity index (χ4v) is 0.547. The molecule has 0 aliphatic heterocycles. The monoisotopic (exact) mass is 198 g/mol. The zero-order valence-corrected chi connectivity index (χ0v) is 7.65. The number of carbonyl (C=O) groups excluding carboxylic acids is 2. The summed E-state index contributed by atoms with van der Waals surface area (Å²) < 4.78 is 8.72. The lowest BCUT2D eigenvalue weighted by Crippen LogP contribution is -2.29. The highest BCUT2D eigenvalue weighted by Crippen LogP contribution is 2.00. The molecule has 0 aliphatic rings. The van der Waals surface area contributed by atoms with Gasteiger partial charge in [0, 0.05) is 0 Å². The smallest absolute Gasteiger partial charge is 0.346 e. The normalized spacial score (nSPS) is 10.9. The number of hydrogen-bond donors (Lipinski definition) is 1. The molecule has 0 bridgehead atoms. The minimum absolute atomic E-state index is 0.153. The van der Waals surface area contributed by atoms with Crippen LogP contribution < -0.4 is 5.73 Å². The topological polar surface area (TPSA) is 102 Å². The van der Waals surface area contributed by atoms with E-state index in [0.29, 0.717) is 0 Å². The Kier molecular flexibility index (Phi) is 4.96. The predicted molar refractivity (Wildman–Crippen MR) is 45.5 cm³/mol. The van der Waals surface area contributed by atoms with Crippen molar-refractivity contribution in [1.82, 2.24) is 0 Å². The quantitative estimate of drug-likeness (QED) is 0.214. The number of nitrogens with two attached hydrogens (primary N) is 1. The predicted octanol–water partition coefficient (Wildman–Crippen LogP) is -0.543. The Hall–Kier alpha value is -1.87. The number of ether oxygens (including phenoxy) is 2. The van der Waals surface area contributed by atoms with Crippen molar-refractivity contribution in [2.24, 2.45) is 5.73 Å². The lowest BCUT2D eigenvalue weighted by molar-refractivity contribution is -0.148. The van der Waals surface area contributed by atoms with Crippen LogP contribution in [0.5, 0.6) is 0 Å². The van der Waals surface area contributed by atoms with Gasteiger partial charge >= 0.3 is 11.9 Å². The molecule has 0 saturated carbocycles. The highest BCUT2D eigenvalue weighted by Gasteiger charge is 2.19. The average Bonchev–Trinajstić information content (AvgIpc) is 2.15. The van der Waals surface area contributed by atoms with Gasteiger partial charge in [0.05, 0.1) is 19.6 Å². The molecule has 0 rings (SSSR count). The summed E-state index contributed by atoms with van der Waals surface area (Å²) in [5.74, 6) is -1.88. The molecule has 0 aromatic carbocycles. The molecule has 0 fully saturated rings. The van der Waals surface area contributed by atoms with Gasteiger partial charge in [-0.25, -0.2) is 9.59 Å². The maximum Gasteiger partial charge on any atom is 0.346 e. The molecule has 0 amide bonds. The van der Waals surface area contributed by atoms with Crippen molar-refractivity contribution < 1.29 is 19.1 Å². The van der Waals surface area contributed by atoms with E-state index in [4.69, 9.17) is 11.0 Å². The number of hydrogen-bond acceptors (Lipinski definition) is 6. The number of carbonyl (C=O) groups is 2. The van der Waals surface area contributed by atoms with Crippen LogP contribution in [0.2, 0.25) is 0 Å². The Bertz CT molecular complexity index is 292. The molecule has 0 aromatic rings.